The third-order valence-corrected chi connectivity index (χ3v) is 5.37. The predicted octanol–water partition coefficient (Wildman–Crippen LogP) is 0.873. The van der Waals surface area contributed by atoms with Gasteiger partial charge in [0.05, 0.1) is 5.75 Å². The molecule has 1 aliphatic carbocycles. The summed E-state index contributed by atoms with van der Waals surface area (Å²) < 4.78 is 22.1. The Morgan fingerprint density at radius 2 is 2.11 bits per heavy atom. The number of hydrogen-bond acceptors (Lipinski definition) is 3. The second-order valence-electron chi connectivity index (χ2n) is 5.98. The lowest BCUT2D eigenvalue weighted by atomic mass is 9.68. The van der Waals surface area contributed by atoms with E-state index in [2.05, 4.69) is 15.2 Å². The largest absolute Gasteiger partial charge is 0.356 e. The van der Waals surface area contributed by atoms with Gasteiger partial charge in [-0.25, -0.2) is 8.42 Å². The Balaban J connectivity index is 1.75. The van der Waals surface area contributed by atoms with Gasteiger partial charge in [0.15, 0.2) is 5.96 Å². The van der Waals surface area contributed by atoms with Crippen LogP contribution in [0.3, 0.4) is 0 Å². The van der Waals surface area contributed by atoms with Crippen molar-refractivity contribution in [1.82, 2.24) is 10.2 Å². The summed E-state index contributed by atoms with van der Waals surface area (Å²) >= 11 is 0. The Kier molecular flexibility index (Phi) is 4.38. The molecule has 6 heteroatoms. The van der Waals surface area contributed by atoms with Gasteiger partial charge in [0.2, 0.25) is 0 Å². The topological polar surface area (TPSA) is 61.8 Å². The molecule has 0 radical (unpaired) electrons. The highest BCUT2D eigenvalue weighted by molar-refractivity contribution is 7.90. The average Bonchev–Trinajstić information content (AvgIpc) is 2.72. The first-order valence-corrected chi connectivity index (χ1v) is 9.14. The lowest BCUT2D eigenvalue weighted by Gasteiger charge is -2.38. The highest BCUT2D eigenvalue weighted by Crippen LogP contribution is 2.47. The van der Waals surface area contributed by atoms with E-state index in [1.165, 1.54) is 31.9 Å². The lowest BCUT2D eigenvalue weighted by molar-refractivity contribution is 0.151. The quantitative estimate of drug-likeness (QED) is 0.473. The highest BCUT2D eigenvalue weighted by atomic mass is 32.2. The summed E-state index contributed by atoms with van der Waals surface area (Å²) in [5, 5.41) is 3.28. The molecule has 1 saturated carbocycles. The molecular weight excluding hydrogens is 262 g/mol. The second-order valence-corrected chi connectivity index (χ2v) is 8.24. The lowest BCUT2D eigenvalue weighted by Crippen LogP contribution is -2.43. The monoisotopic (exact) mass is 287 g/mol. The van der Waals surface area contributed by atoms with Gasteiger partial charge in [-0.05, 0) is 31.1 Å². The molecule has 2 aliphatic rings. The average molecular weight is 287 g/mol. The summed E-state index contributed by atoms with van der Waals surface area (Å²) in [6, 6.07) is 0. The van der Waals surface area contributed by atoms with Gasteiger partial charge in [-0.1, -0.05) is 6.42 Å². The van der Waals surface area contributed by atoms with E-state index < -0.39 is 9.84 Å². The molecule has 1 heterocycles. The number of sulfone groups is 1. The molecule has 0 aromatic carbocycles. The Bertz CT molecular complexity index is 441. The fourth-order valence-electron chi connectivity index (χ4n) is 3.07. The van der Waals surface area contributed by atoms with E-state index in [1.54, 1.807) is 7.05 Å². The zero-order chi connectivity index (χ0) is 13.9. The molecule has 1 aliphatic heterocycles. The van der Waals surface area contributed by atoms with Crippen molar-refractivity contribution in [3.8, 4) is 0 Å². The van der Waals surface area contributed by atoms with Crippen molar-refractivity contribution in [3.05, 3.63) is 0 Å². The van der Waals surface area contributed by atoms with Gasteiger partial charge in [0.1, 0.15) is 9.84 Å². The van der Waals surface area contributed by atoms with Crippen LogP contribution >= 0.6 is 0 Å². The van der Waals surface area contributed by atoms with Crippen molar-refractivity contribution in [2.45, 2.75) is 32.1 Å². The van der Waals surface area contributed by atoms with Crippen molar-refractivity contribution in [1.29, 1.82) is 0 Å². The van der Waals surface area contributed by atoms with Gasteiger partial charge in [0, 0.05) is 32.9 Å². The third-order valence-electron chi connectivity index (χ3n) is 4.34. The van der Waals surface area contributed by atoms with Gasteiger partial charge in [-0.3, -0.25) is 4.99 Å². The summed E-state index contributed by atoms with van der Waals surface area (Å²) in [6.45, 7) is 2.85. The van der Waals surface area contributed by atoms with Crippen LogP contribution in [0.1, 0.15) is 32.1 Å². The molecule has 1 saturated heterocycles. The first-order chi connectivity index (χ1) is 8.94. The van der Waals surface area contributed by atoms with Crippen LogP contribution < -0.4 is 5.32 Å². The minimum absolute atomic E-state index is 0.237. The number of likely N-dealkylation sites (tertiary alicyclic amines) is 1. The van der Waals surface area contributed by atoms with E-state index in [1.807, 2.05) is 0 Å². The molecule has 0 aromatic heterocycles. The number of nitrogens with zero attached hydrogens (tertiary/aromatic N) is 2. The summed E-state index contributed by atoms with van der Waals surface area (Å²) in [7, 11) is -1.06. The number of rotatable bonds is 4. The number of hydrogen-bond donors (Lipinski definition) is 1. The molecule has 19 heavy (non-hydrogen) atoms. The summed E-state index contributed by atoms with van der Waals surface area (Å²) in [4.78, 5) is 6.63. The standard InChI is InChI=1S/C13H25N3O2S/c1-14-12(15-8-4-10-19(2,17)18)16-9-7-13(11-16)5-3-6-13/h3-11H2,1-2H3,(H,14,15). The zero-order valence-electron chi connectivity index (χ0n) is 12.0. The summed E-state index contributed by atoms with van der Waals surface area (Å²) in [6.07, 6.45) is 7.27. The highest BCUT2D eigenvalue weighted by Gasteiger charge is 2.43. The molecule has 0 unspecified atom stereocenters. The maximum absolute atomic E-state index is 11.1. The van der Waals surface area contributed by atoms with Crippen LogP contribution in [0.25, 0.3) is 0 Å². The van der Waals surface area contributed by atoms with E-state index >= 15 is 0 Å². The van der Waals surface area contributed by atoms with Crippen molar-refractivity contribution < 1.29 is 8.42 Å². The minimum Gasteiger partial charge on any atom is -0.356 e. The number of aliphatic imine (C=N–C) groups is 1. The Morgan fingerprint density at radius 3 is 2.58 bits per heavy atom. The SMILES string of the molecule is CN=C(NCCCS(C)(=O)=O)N1CCC2(CCC2)C1. The van der Waals surface area contributed by atoms with Gasteiger partial charge in [0.25, 0.3) is 0 Å². The molecule has 0 aromatic rings. The predicted molar refractivity (Wildman–Crippen MR) is 78.2 cm³/mol. The fraction of sp³-hybridized carbons (Fsp3) is 0.923. The molecule has 0 amide bonds. The maximum atomic E-state index is 11.1. The van der Waals surface area contributed by atoms with Crippen LogP contribution in [0, 0.1) is 5.41 Å². The zero-order valence-corrected chi connectivity index (χ0v) is 12.8. The number of nitrogens with one attached hydrogen (secondary N) is 1. The Labute approximate surface area is 116 Å². The van der Waals surface area contributed by atoms with Crippen LogP contribution in [-0.4, -0.2) is 58.0 Å². The molecular formula is C13H25N3O2S. The van der Waals surface area contributed by atoms with Crippen LogP contribution in [0.4, 0.5) is 0 Å². The van der Waals surface area contributed by atoms with Crippen LogP contribution in [-0.2, 0) is 9.84 Å². The smallest absolute Gasteiger partial charge is 0.193 e. The van der Waals surface area contributed by atoms with Crippen LogP contribution in [0.15, 0.2) is 4.99 Å². The van der Waals surface area contributed by atoms with Gasteiger partial charge in [-0.15, -0.1) is 0 Å². The molecule has 5 nitrogen and oxygen atoms in total. The molecule has 0 bridgehead atoms. The van der Waals surface area contributed by atoms with E-state index in [4.69, 9.17) is 0 Å². The van der Waals surface area contributed by atoms with Crippen molar-refractivity contribution in [3.63, 3.8) is 0 Å². The first kappa shape index (κ1) is 14.6. The Hall–Kier alpha value is -0.780. The van der Waals surface area contributed by atoms with Crippen molar-refractivity contribution >= 4 is 15.8 Å². The first-order valence-electron chi connectivity index (χ1n) is 7.07. The van der Waals surface area contributed by atoms with E-state index in [0.29, 0.717) is 18.4 Å². The van der Waals surface area contributed by atoms with Gasteiger partial charge >= 0.3 is 0 Å². The van der Waals surface area contributed by atoms with E-state index in [0.717, 1.165) is 19.0 Å². The molecule has 1 N–H and O–H groups in total. The van der Waals surface area contributed by atoms with Crippen molar-refractivity contribution in [2.75, 3.05) is 38.7 Å². The third kappa shape index (κ3) is 3.84. The minimum atomic E-state index is -2.85. The van der Waals surface area contributed by atoms with Gasteiger partial charge < -0.3 is 10.2 Å². The summed E-state index contributed by atoms with van der Waals surface area (Å²) in [5.74, 6) is 1.17. The van der Waals surface area contributed by atoms with Crippen molar-refractivity contribution in [2.24, 2.45) is 10.4 Å². The van der Waals surface area contributed by atoms with Crippen LogP contribution in [0.5, 0.6) is 0 Å². The van der Waals surface area contributed by atoms with E-state index in [-0.39, 0.29) is 5.75 Å². The summed E-state index contributed by atoms with van der Waals surface area (Å²) in [5.41, 5.74) is 0.560. The molecule has 2 rings (SSSR count). The fourth-order valence-corrected chi connectivity index (χ4v) is 3.74. The maximum Gasteiger partial charge on any atom is 0.193 e. The number of guanidine groups is 1. The molecule has 1 spiro atoms. The molecule has 110 valence electrons. The Morgan fingerprint density at radius 1 is 1.37 bits per heavy atom. The molecule has 0 atom stereocenters. The molecule has 2 fully saturated rings. The van der Waals surface area contributed by atoms with Crippen LogP contribution in [0.2, 0.25) is 0 Å². The van der Waals surface area contributed by atoms with Gasteiger partial charge in [-0.2, -0.15) is 0 Å². The van der Waals surface area contributed by atoms with E-state index in [9.17, 15) is 8.42 Å². The normalized spacial score (nSPS) is 22.6. The second kappa shape index (κ2) is 5.69.